The van der Waals surface area contributed by atoms with E-state index < -0.39 is 5.60 Å². The molecule has 0 amide bonds. The molecule has 0 aliphatic carbocycles. The van der Waals surface area contributed by atoms with Crippen LogP contribution in [0.5, 0.6) is 0 Å². The topological polar surface area (TPSA) is 60.2 Å². The molecule has 2 atom stereocenters. The van der Waals surface area contributed by atoms with E-state index in [0.717, 1.165) is 0 Å². The highest BCUT2D eigenvalue weighted by atomic mass is 16.5. The zero-order valence-electron chi connectivity index (χ0n) is 7.77. The van der Waals surface area contributed by atoms with Crippen LogP contribution in [-0.4, -0.2) is 33.3 Å². The van der Waals surface area contributed by atoms with Gasteiger partial charge in [0.05, 0.1) is 19.4 Å². The number of aliphatic hydroxyl groups is 1. The third-order valence-corrected chi connectivity index (χ3v) is 2.55. The standard InChI is InChI=1S/C8H13N3O2/c1-6-4-13-5-8(6,12)7-3-9-11(2)10-7/h3,6,12H,4-5H2,1-2H3. The lowest BCUT2D eigenvalue weighted by atomic mass is 9.90. The van der Waals surface area contributed by atoms with Crippen LogP contribution in [0.25, 0.3) is 0 Å². The van der Waals surface area contributed by atoms with Crippen molar-refractivity contribution in [2.45, 2.75) is 12.5 Å². The first-order chi connectivity index (χ1) is 6.13. The van der Waals surface area contributed by atoms with E-state index in [-0.39, 0.29) is 5.92 Å². The number of nitrogens with zero attached hydrogens (tertiary/aromatic N) is 3. The fraction of sp³-hybridized carbons (Fsp3) is 0.750. The van der Waals surface area contributed by atoms with Crippen molar-refractivity contribution in [2.24, 2.45) is 13.0 Å². The molecule has 1 aromatic heterocycles. The molecule has 5 nitrogen and oxygen atoms in total. The van der Waals surface area contributed by atoms with Gasteiger partial charge < -0.3 is 9.84 Å². The smallest absolute Gasteiger partial charge is 0.138 e. The number of aryl methyl sites for hydroxylation is 1. The zero-order valence-corrected chi connectivity index (χ0v) is 7.77. The summed E-state index contributed by atoms with van der Waals surface area (Å²) in [4.78, 5) is 1.44. The number of hydrogen-bond acceptors (Lipinski definition) is 4. The molecular weight excluding hydrogens is 170 g/mol. The monoisotopic (exact) mass is 183 g/mol. The summed E-state index contributed by atoms with van der Waals surface area (Å²) in [5, 5.41) is 18.2. The van der Waals surface area contributed by atoms with Gasteiger partial charge in [-0.15, -0.1) is 0 Å². The molecule has 1 aromatic rings. The Morgan fingerprint density at radius 1 is 1.77 bits per heavy atom. The van der Waals surface area contributed by atoms with Gasteiger partial charge in [-0.1, -0.05) is 6.92 Å². The van der Waals surface area contributed by atoms with Crippen LogP contribution in [0.15, 0.2) is 6.20 Å². The van der Waals surface area contributed by atoms with Gasteiger partial charge in [-0.3, -0.25) is 0 Å². The van der Waals surface area contributed by atoms with Crippen molar-refractivity contribution in [3.8, 4) is 0 Å². The molecule has 0 aromatic carbocycles. The predicted molar refractivity (Wildman–Crippen MR) is 44.9 cm³/mol. The summed E-state index contributed by atoms with van der Waals surface area (Å²) < 4.78 is 5.21. The van der Waals surface area contributed by atoms with Gasteiger partial charge in [0, 0.05) is 13.0 Å². The predicted octanol–water partition coefficient (Wildman–Crippen LogP) is -0.331. The maximum absolute atomic E-state index is 10.2. The van der Waals surface area contributed by atoms with Crippen molar-refractivity contribution in [2.75, 3.05) is 13.2 Å². The van der Waals surface area contributed by atoms with Gasteiger partial charge in [0.25, 0.3) is 0 Å². The number of rotatable bonds is 1. The lowest BCUT2D eigenvalue weighted by Crippen LogP contribution is -2.33. The van der Waals surface area contributed by atoms with E-state index in [1.165, 1.54) is 4.80 Å². The Hall–Kier alpha value is -0.940. The second-order valence-corrected chi connectivity index (χ2v) is 3.56. The lowest BCUT2D eigenvalue weighted by Gasteiger charge is -2.22. The van der Waals surface area contributed by atoms with Gasteiger partial charge in [-0.25, -0.2) is 0 Å². The SMILES string of the molecule is CC1COCC1(O)c1cnn(C)n1. The molecule has 0 radical (unpaired) electrons. The molecule has 1 saturated heterocycles. The summed E-state index contributed by atoms with van der Waals surface area (Å²) in [5.41, 5.74) is -0.353. The Kier molecular flexibility index (Phi) is 1.85. The summed E-state index contributed by atoms with van der Waals surface area (Å²) >= 11 is 0. The van der Waals surface area contributed by atoms with Gasteiger partial charge in [0.15, 0.2) is 0 Å². The summed E-state index contributed by atoms with van der Waals surface area (Å²) in [5.74, 6) is 0.0733. The molecule has 13 heavy (non-hydrogen) atoms. The highest BCUT2D eigenvalue weighted by molar-refractivity contribution is 5.10. The first kappa shape index (κ1) is 8.65. The summed E-state index contributed by atoms with van der Waals surface area (Å²) in [6, 6.07) is 0. The van der Waals surface area contributed by atoms with Crippen molar-refractivity contribution in [1.29, 1.82) is 0 Å². The molecule has 1 N–H and O–H groups in total. The van der Waals surface area contributed by atoms with Crippen molar-refractivity contribution >= 4 is 0 Å². The van der Waals surface area contributed by atoms with E-state index in [0.29, 0.717) is 18.9 Å². The van der Waals surface area contributed by atoms with E-state index in [2.05, 4.69) is 10.2 Å². The lowest BCUT2D eigenvalue weighted by molar-refractivity contribution is -0.00355. The van der Waals surface area contributed by atoms with Gasteiger partial charge in [0.1, 0.15) is 11.3 Å². The van der Waals surface area contributed by atoms with Crippen molar-refractivity contribution in [3.05, 3.63) is 11.9 Å². The molecule has 2 rings (SSSR count). The van der Waals surface area contributed by atoms with Crippen LogP contribution >= 0.6 is 0 Å². The molecule has 0 saturated carbocycles. The van der Waals surface area contributed by atoms with Gasteiger partial charge in [-0.05, 0) is 0 Å². The quantitative estimate of drug-likeness (QED) is 0.647. The van der Waals surface area contributed by atoms with Crippen molar-refractivity contribution < 1.29 is 9.84 Å². The van der Waals surface area contributed by atoms with E-state index >= 15 is 0 Å². The molecular formula is C8H13N3O2. The normalized spacial score (nSPS) is 33.9. The highest BCUT2D eigenvalue weighted by Crippen LogP contribution is 2.33. The van der Waals surface area contributed by atoms with Crippen molar-refractivity contribution in [3.63, 3.8) is 0 Å². The summed E-state index contributed by atoms with van der Waals surface area (Å²) in [6.45, 7) is 2.83. The first-order valence-electron chi connectivity index (χ1n) is 4.30. The third-order valence-electron chi connectivity index (χ3n) is 2.55. The maximum Gasteiger partial charge on any atom is 0.138 e. The Bertz CT molecular complexity index is 312. The minimum atomic E-state index is -0.950. The summed E-state index contributed by atoms with van der Waals surface area (Å²) in [6.07, 6.45) is 1.59. The maximum atomic E-state index is 10.2. The minimum Gasteiger partial charge on any atom is -0.381 e. The van der Waals surface area contributed by atoms with E-state index in [1.807, 2.05) is 6.92 Å². The number of ether oxygens (including phenoxy) is 1. The Morgan fingerprint density at radius 2 is 2.54 bits per heavy atom. The largest absolute Gasteiger partial charge is 0.381 e. The second kappa shape index (κ2) is 2.78. The van der Waals surface area contributed by atoms with Crippen molar-refractivity contribution in [1.82, 2.24) is 15.0 Å². The molecule has 0 bridgehead atoms. The minimum absolute atomic E-state index is 0.0733. The van der Waals surface area contributed by atoms with Gasteiger partial charge in [0.2, 0.25) is 0 Å². The third kappa shape index (κ3) is 1.24. The molecule has 2 unspecified atom stereocenters. The molecule has 0 spiro atoms. The van der Waals surface area contributed by atoms with E-state index in [1.54, 1.807) is 13.2 Å². The average Bonchev–Trinajstić information content (AvgIpc) is 2.62. The number of aromatic nitrogens is 3. The van der Waals surface area contributed by atoms with E-state index in [9.17, 15) is 5.11 Å². The van der Waals surface area contributed by atoms with Crippen LogP contribution in [0.4, 0.5) is 0 Å². The fourth-order valence-corrected chi connectivity index (χ4v) is 1.54. The van der Waals surface area contributed by atoms with Crippen LogP contribution in [0.3, 0.4) is 0 Å². The fourth-order valence-electron chi connectivity index (χ4n) is 1.54. The molecule has 1 fully saturated rings. The number of hydrogen-bond donors (Lipinski definition) is 1. The summed E-state index contributed by atoms with van der Waals surface area (Å²) in [7, 11) is 1.73. The average molecular weight is 183 g/mol. The van der Waals surface area contributed by atoms with Crippen LogP contribution in [0.1, 0.15) is 12.6 Å². The highest BCUT2D eigenvalue weighted by Gasteiger charge is 2.43. The Labute approximate surface area is 76.3 Å². The Morgan fingerprint density at radius 3 is 3.00 bits per heavy atom. The van der Waals surface area contributed by atoms with Gasteiger partial charge >= 0.3 is 0 Å². The molecule has 1 aliphatic rings. The second-order valence-electron chi connectivity index (χ2n) is 3.56. The van der Waals surface area contributed by atoms with E-state index in [4.69, 9.17) is 4.74 Å². The van der Waals surface area contributed by atoms with Crippen LogP contribution < -0.4 is 0 Å². The molecule has 2 heterocycles. The Balaban J connectivity index is 2.33. The van der Waals surface area contributed by atoms with Gasteiger partial charge in [-0.2, -0.15) is 15.0 Å². The molecule has 1 aliphatic heterocycles. The molecule has 72 valence electrons. The van der Waals surface area contributed by atoms with Crippen LogP contribution in [0.2, 0.25) is 0 Å². The molecule has 5 heteroatoms. The van der Waals surface area contributed by atoms with Crippen LogP contribution in [-0.2, 0) is 17.4 Å². The first-order valence-corrected chi connectivity index (χ1v) is 4.30. The van der Waals surface area contributed by atoms with Crippen LogP contribution in [0, 0.1) is 5.92 Å². The zero-order chi connectivity index (χ0) is 9.47.